The molecule has 1 saturated heterocycles. The van der Waals surface area contributed by atoms with Crippen LogP contribution < -0.4 is 10.6 Å². The Labute approximate surface area is 244 Å². The van der Waals surface area contributed by atoms with Crippen molar-refractivity contribution >= 4 is 18.0 Å². The molecule has 0 radical (unpaired) electrons. The molecule has 1 unspecified atom stereocenters. The molecule has 0 aliphatic carbocycles. The number of carbonyl (C=O) groups is 3. The molecule has 43 heavy (non-hydrogen) atoms. The van der Waals surface area contributed by atoms with E-state index in [0.717, 1.165) is 37.4 Å². The Morgan fingerprint density at radius 3 is 2.21 bits per heavy atom. The number of piperidine rings is 1. The van der Waals surface area contributed by atoms with Crippen molar-refractivity contribution in [3.05, 3.63) is 81.8 Å². The lowest BCUT2D eigenvalue weighted by atomic mass is 9.89. The van der Waals surface area contributed by atoms with Crippen molar-refractivity contribution in [3.63, 3.8) is 0 Å². The molecule has 2 N–H and O–H groups in total. The minimum atomic E-state index is -1.49. The molecule has 2 aromatic carbocycles. The van der Waals surface area contributed by atoms with Crippen LogP contribution in [0.5, 0.6) is 0 Å². The third kappa shape index (κ3) is 7.13. The standard InChI is InChI=1S/C29H31F5N4O5/c1-42-15-23-24(27(39)43-2)26(17-4-5-19(30)20(31)12-17)38(29(41)36-23)28(40)35-8-3-9-37-10-6-16(7-11-37)18-13-21(32)25(34)22(33)14-18/h4-5,12-14,16,26H,3,6-11,15H2,1-2H3,(H,35,40)(H,36,41). The number of nitrogens with one attached hydrogen (secondary N) is 2. The summed E-state index contributed by atoms with van der Waals surface area (Å²) in [5.41, 5.74) is 0.191. The molecule has 0 bridgehead atoms. The van der Waals surface area contributed by atoms with E-state index >= 15 is 0 Å². The van der Waals surface area contributed by atoms with Crippen molar-refractivity contribution in [1.82, 2.24) is 20.4 Å². The van der Waals surface area contributed by atoms with Crippen LogP contribution in [0.15, 0.2) is 41.6 Å². The molecule has 9 nitrogen and oxygen atoms in total. The maximum Gasteiger partial charge on any atom is 0.338 e. The first kappa shape index (κ1) is 31.9. The largest absolute Gasteiger partial charge is 0.466 e. The van der Waals surface area contributed by atoms with Gasteiger partial charge in [0.2, 0.25) is 0 Å². The molecule has 2 heterocycles. The molecule has 2 aliphatic rings. The lowest BCUT2D eigenvalue weighted by Crippen LogP contribution is -2.55. The first-order valence-electron chi connectivity index (χ1n) is 13.6. The molecule has 2 aromatic rings. The van der Waals surface area contributed by atoms with Gasteiger partial charge in [0.25, 0.3) is 0 Å². The van der Waals surface area contributed by atoms with Crippen molar-refractivity contribution in [2.24, 2.45) is 0 Å². The van der Waals surface area contributed by atoms with Gasteiger partial charge in [-0.15, -0.1) is 0 Å². The molecular weight excluding hydrogens is 579 g/mol. The molecule has 0 aromatic heterocycles. The highest BCUT2D eigenvalue weighted by Gasteiger charge is 2.43. The minimum absolute atomic E-state index is 0.00708. The van der Waals surface area contributed by atoms with E-state index in [0.29, 0.717) is 49.4 Å². The quantitative estimate of drug-likeness (QED) is 0.188. The zero-order valence-corrected chi connectivity index (χ0v) is 23.5. The Bertz CT molecular complexity index is 1390. The van der Waals surface area contributed by atoms with Gasteiger partial charge in [-0.2, -0.15) is 0 Å². The Hall–Kier alpha value is -4.04. The summed E-state index contributed by atoms with van der Waals surface area (Å²) in [6.45, 7) is 1.68. The van der Waals surface area contributed by atoms with Gasteiger partial charge in [0.1, 0.15) is 6.04 Å². The van der Waals surface area contributed by atoms with E-state index in [-0.39, 0.29) is 35.9 Å². The summed E-state index contributed by atoms with van der Waals surface area (Å²) in [5.74, 6) is -7.34. The van der Waals surface area contributed by atoms with Crippen LogP contribution in [-0.2, 0) is 14.3 Å². The number of ether oxygens (including phenoxy) is 2. The van der Waals surface area contributed by atoms with Crippen LogP contribution in [0.3, 0.4) is 0 Å². The zero-order valence-electron chi connectivity index (χ0n) is 23.5. The molecule has 0 saturated carbocycles. The van der Waals surface area contributed by atoms with Crippen molar-refractivity contribution in [2.45, 2.75) is 31.2 Å². The van der Waals surface area contributed by atoms with Crippen LogP contribution in [-0.4, -0.2) is 74.8 Å². The monoisotopic (exact) mass is 610 g/mol. The van der Waals surface area contributed by atoms with Crippen molar-refractivity contribution in [2.75, 3.05) is 47.0 Å². The van der Waals surface area contributed by atoms with Gasteiger partial charge in [-0.3, -0.25) is 0 Å². The fourth-order valence-electron chi connectivity index (χ4n) is 5.36. The number of imide groups is 1. The molecule has 0 spiro atoms. The second-order valence-corrected chi connectivity index (χ2v) is 10.2. The summed E-state index contributed by atoms with van der Waals surface area (Å²) in [6, 6.07) is 1.59. The summed E-state index contributed by atoms with van der Waals surface area (Å²) in [6.07, 6.45) is 1.68. The van der Waals surface area contributed by atoms with Crippen LogP contribution in [0.2, 0.25) is 0 Å². The number of methoxy groups -OCH3 is 2. The molecule has 232 valence electrons. The van der Waals surface area contributed by atoms with E-state index in [1.165, 1.54) is 7.11 Å². The lowest BCUT2D eigenvalue weighted by molar-refractivity contribution is -0.137. The molecule has 4 rings (SSSR count). The average Bonchev–Trinajstić information content (AvgIpc) is 2.99. The maximum absolute atomic E-state index is 14.2. The Morgan fingerprint density at radius 2 is 1.60 bits per heavy atom. The third-order valence-corrected chi connectivity index (χ3v) is 7.50. The highest BCUT2D eigenvalue weighted by molar-refractivity contribution is 6.01. The summed E-state index contributed by atoms with van der Waals surface area (Å²) in [7, 11) is 2.42. The number of nitrogens with zero attached hydrogens (tertiary/aromatic N) is 2. The van der Waals surface area contributed by atoms with E-state index < -0.39 is 53.2 Å². The first-order valence-corrected chi connectivity index (χ1v) is 13.6. The summed E-state index contributed by atoms with van der Waals surface area (Å²) in [4.78, 5) is 41.9. The second-order valence-electron chi connectivity index (χ2n) is 10.2. The normalized spacial score (nSPS) is 18.1. The van der Waals surface area contributed by atoms with Crippen LogP contribution >= 0.6 is 0 Å². The summed E-state index contributed by atoms with van der Waals surface area (Å²) >= 11 is 0. The van der Waals surface area contributed by atoms with Gasteiger partial charge in [0.05, 0.1) is 25.0 Å². The highest BCUT2D eigenvalue weighted by Crippen LogP contribution is 2.35. The fraction of sp³-hybridized carbons (Fsp3) is 0.414. The number of esters is 1. The van der Waals surface area contributed by atoms with E-state index in [2.05, 4.69) is 15.5 Å². The smallest absolute Gasteiger partial charge is 0.338 e. The SMILES string of the molecule is COCC1=C(C(=O)OC)C(c2ccc(F)c(F)c2)N(C(=O)NCCCN2CCC(c3cc(F)c(F)c(F)c3)CC2)C(=O)N1. The zero-order chi connectivity index (χ0) is 31.3. The van der Waals surface area contributed by atoms with Crippen LogP contribution in [0.4, 0.5) is 31.5 Å². The molecular formula is C29H31F5N4O5. The molecule has 1 atom stereocenters. The van der Waals surface area contributed by atoms with Gasteiger partial charge in [0.15, 0.2) is 29.1 Å². The number of urea groups is 2. The fourth-order valence-corrected chi connectivity index (χ4v) is 5.36. The van der Waals surface area contributed by atoms with Crippen molar-refractivity contribution < 1.29 is 45.8 Å². The third-order valence-electron chi connectivity index (χ3n) is 7.50. The highest BCUT2D eigenvalue weighted by atomic mass is 19.2. The topological polar surface area (TPSA) is 100 Å². The number of hydrogen-bond acceptors (Lipinski definition) is 6. The van der Waals surface area contributed by atoms with E-state index in [4.69, 9.17) is 9.47 Å². The van der Waals surface area contributed by atoms with Crippen LogP contribution in [0.25, 0.3) is 0 Å². The number of hydrogen-bond donors (Lipinski definition) is 2. The van der Waals surface area contributed by atoms with Crippen LogP contribution in [0, 0.1) is 29.1 Å². The lowest BCUT2D eigenvalue weighted by Gasteiger charge is -2.36. The van der Waals surface area contributed by atoms with Crippen molar-refractivity contribution in [1.29, 1.82) is 0 Å². The number of rotatable bonds is 9. The molecule has 14 heteroatoms. The van der Waals surface area contributed by atoms with Crippen LogP contribution in [0.1, 0.15) is 42.3 Å². The minimum Gasteiger partial charge on any atom is -0.466 e. The van der Waals surface area contributed by atoms with E-state index in [1.54, 1.807) is 0 Å². The number of amides is 4. The predicted molar refractivity (Wildman–Crippen MR) is 143 cm³/mol. The Balaban J connectivity index is 1.40. The molecule has 4 amide bonds. The van der Waals surface area contributed by atoms with E-state index in [1.807, 2.05) is 0 Å². The number of likely N-dealkylation sites (tertiary alicyclic amines) is 1. The van der Waals surface area contributed by atoms with Gasteiger partial charge >= 0.3 is 18.0 Å². The van der Waals surface area contributed by atoms with E-state index in [9.17, 15) is 36.3 Å². The number of carbonyl (C=O) groups excluding carboxylic acids is 3. The second kappa shape index (κ2) is 14.0. The maximum atomic E-state index is 14.2. The first-order chi connectivity index (χ1) is 20.5. The van der Waals surface area contributed by atoms with Gasteiger partial charge in [-0.05, 0) is 80.2 Å². The Kier molecular flexibility index (Phi) is 10.3. The van der Waals surface area contributed by atoms with Gasteiger partial charge in [-0.25, -0.2) is 41.2 Å². The predicted octanol–water partition coefficient (Wildman–Crippen LogP) is 4.50. The van der Waals surface area contributed by atoms with Gasteiger partial charge in [0, 0.05) is 13.7 Å². The van der Waals surface area contributed by atoms with Gasteiger partial charge < -0.3 is 25.0 Å². The average molecular weight is 611 g/mol. The molecule has 1 fully saturated rings. The molecule has 2 aliphatic heterocycles. The summed E-state index contributed by atoms with van der Waals surface area (Å²) in [5, 5.41) is 5.08. The van der Waals surface area contributed by atoms with Crippen molar-refractivity contribution in [3.8, 4) is 0 Å². The Morgan fingerprint density at radius 1 is 0.953 bits per heavy atom. The summed E-state index contributed by atoms with van der Waals surface area (Å²) < 4.78 is 78.4. The van der Waals surface area contributed by atoms with Gasteiger partial charge in [-0.1, -0.05) is 6.07 Å². The number of benzene rings is 2. The number of halogens is 5.